The van der Waals surface area contributed by atoms with Crippen molar-refractivity contribution in [1.82, 2.24) is 10.2 Å². The molecule has 1 aliphatic heterocycles. The summed E-state index contributed by atoms with van der Waals surface area (Å²) in [7, 11) is -4.41. The van der Waals surface area contributed by atoms with E-state index in [4.69, 9.17) is 9.47 Å². The third-order valence-electron chi connectivity index (χ3n) is 7.46. The molecule has 246 valence electrons. The molecule has 0 aliphatic carbocycles. The molecule has 12 heteroatoms. The summed E-state index contributed by atoms with van der Waals surface area (Å²) in [6.45, 7) is 3.60. The van der Waals surface area contributed by atoms with Crippen LogP contribution in [0.2, 0.25) is 0 Å². The number of ether oxygens (including phenoxy) is 2. The Balaban J connectivity index is 1.57. The van der Waals surface area contributed by atoms with Crippen LogP contribution >= 0.6 is 15.9 Å². The standard InChI is InChI=1S/C35H35BrFN3O6S/c1-24(2)38-35(42)31(20-25-6-4-3-5-7-25)39(22-26-8-10-27(36)11-9-26)34(41)23-40(29-14-12-28(37)13-15-29)47(43,44)30-16-17-32-33(21-30)46-19-18-45-32/h3-17,21,24,31H,18-20,22-23H2,1-2H3,(H,38,42)/t31-/m1/s1. The van der Waals surface area contributed by atoms with Crippen molar-refractivity contribution in [3.05, 3.63) is 118 Å². The van der Waals surface area contributed by atoms with Gasteiger partial charge in [0.15, 0.2) is 11.5 Å². The van der Waals surface area contributed by atoms with Gasteiger partial charge in [0.05, 0.1) is 10.6 Å². The molecule has 1 heterocycles. The van der Waals surface area contributed by atoms with Crippen LogP contribution in [0.3, 0.4) is 0 Å². The lowest BCUT2D eigenvalue weighted by atomic mass is 10.0. The van der Waals surface area contributed by atoms with Crippen molar-refractivity contribution in [3.8, 4) is 11.5 Å². The number of halogens is 2. The normalized spacial score (nSPS) is 13.1. The Kier molecular flexibility index (Phi) is 10.8. The second-order valence-electron chi connectivity index (χ2n) is 11.3. The molecular weight excluding hydrogens is 689 g/mol. The molecule has 5 rings (SSSR count). The number of carbonyl (C=O) groups excluding carboxylic acids is 2. The lowest BCUT2D eigenvalue weighted by Gasteiger charge is -2.34. The molecule has 4 aromatic rings. The Morgan fingerprint density at radius 2 is 1.53 bits per heavy atom. The maximum Gasteiger partial charge on any atom is 0.264 e. The van der Waals surface area contributed by atoms with E-state index in [9.17, 15) is 22.4 Å². The van der Waals surface area contributed by atoms with E-state index in [1.165, 1.54) is 35.2 Å². The van der Waals surface area contributed by atoms with E-state index >= 15 is 0 Å². The van der Waals surface area contributed by atoms with Crippen molar-refractivity contribution >= 4 is 43.5 Å². The fourth-order valence-electron chi connectivity index (χ4n) is 5.17. The fourth-order valence-corrected chi connectivity index (χ4v) is 6.86. The molecule has 47 heavy (non-hydrogen) atoms. The summed E-state index contributed by atoms with van der Waals surface area (Å²) in [5, 5.41) is 2.93. The van der Waals surface area contributed by atoms with Gasteiger partial charge in [-0.25, -0.2) is 12.8 Å². The zero-order valence-electron chi connectivity index (χ0n) is 25.9. The third kappa shape index (κ3) is 8.49. The van der Waals surface area contributed by atoms with Crippen molar-refractivity contribution in [1.29, 1.82) is 0 Å². The summed E-state index contributed by atoms with van der Waals surface area (Å²) in [6.07, 6.45) is 0.188. The van der Waals surface area contributed by atoms with Crippen molar-refractivity contribution in [2.75, 3.05) is 24.1 Å². The molecule has 9 nitrogen and oxygen atoms in total. The molecule has 0 aromatic heterocycles. The van der Waals surface area contributed by atoms with E-state index in [1.807, 2.05) is 68.4 Å². The molecule has 2 amide bonds. The highest BCUT2D eigenvalue weighted by Gasteiger charge is 2.35. The highest BCUT2D eigenvalue weighted by atomic mass is 79.9. The number of anilines is 1. The van der Waals surface area contributed by atoms with E-state index in [0.29, 0.717) is 12.4 Å². The molecule has 0 spiro atoms. The van der Waals surface area contributed by atoms with Gasteiger partial charge in [0, 0.05) is 29.5 Å². The summed E-state index contributed by atoms with van der Waals surface area (Å²) in [5.41, 5.74) is 1.63. The van der Waals surface area contributed by atoms with Crippen LogP contribution in [-0.4, -0.2) is 57.0 Å². The van der Waals surface area contributed by atoms with Gasteiger partial charge in [-0.15, -0.1) is 0 Å². The van der Waals surface area contributed by atoms with E-state index in [0.717, 1.165) is 32.0 Å². The Labute approximate surface area is 282 Å². The van der Waals surface area contributed by atoms with Crippen LogP contribution in [0, 0.1) is 5.82 Å². The number of carbonyl (C=O) groups is 2. The minimum atomic E-state index is -4.41. The maximum absolute atomic E-state index is 14.5. The first-order valence-corrected chi connectivity index (χ1v) is 17.3. The molecule has 0 fully saturated rings. The van der Waals surface area contributed by atoms with Gasteiger partial charge < -0.3 is 19.7 Å². The average molecular weight is 725 g/mol. The lowest BCUT2D eigenvalue weighted by molar-refractivity contribution is -0.140. The quantitative estimate of drug-likeness (QED) is 0.201. The molecule has 0 saturated heterocycles. The predicted molar refractivity (Wildman–Crippen MR) is 180 cm³/mol. The van der Waals surface area contributed by atoms with E-state index in [1.54, 1.807) is 0 Å². The highest BCUT2D eigenvalue weighted by Crippen LogP contribution is 2.34. The molecule has 4 aromatic carbocycles. The Bertz CT molecular complexity index is 1810. The fraction of sp³-hybridized carbons (Fsp3) is 0.257. The second kappa shape index (κ2) is 15.0. The van der Waals surface area contributed by atoms with Gasteiger partial charge in [0.1, 0.15) is 31.6 Å². The van der Waals surface area contributed by atoms with Crippen molar-refractivity contribution in [2.24, 2.45) is 0 Å². The SMILES string of the molecule is CC(C)NC(=O)[C@@H](Cc1ccccc1)N(Cc1ccc(Br)cc1)C(=O)CN(c1ccc(F)cc1)S(=O)(=O)c1ccc2c(c1)OCCO2. The number of rotatable bonds is 12. The first-order chi connectivity index (χ1) is 22.5. The van der Waals surface area contributed by atoms with Gasteiger partial charge >= 0.3 is 0 Å². The number of nitrogens with one attached hydrogen (secondary N) is 1. The van der Waals surface area contributed by atoms with Gasteiger partial charge in [-0.1, -0.05) is 58.4 Å². The van der Waals surface area contributed by atoms with E-state index in [2.05, 4.69) is 21.2 Å². The zero-order valence-corrected chi connectivity index (χ0v) is 28.3. The highest BCUT2D eigenvalue weighted by molar-refractivity contribution is 9.10. The smallest absolute Gasteiger partial charge is 0.264 e. The Morgan fingerprint density at radius 1 is 0.872 bits per heavy atom. The number of sulfonamides is 1. The number of benzene rings is 4. The number of nitrogens with zero attached hydrogens (tertiary/aromatic N) is 2. The largest absolute Gasteiger partial charge is 0.486 e. The molecule has 1 aliphatic rings. The van der Waals surface area contributed by atoms with Crippen LogP contribution in [0.15, 0.2) is 106 Å². The molecule has 1 N–H and O–H groups in total. The summed E-state index contributed by atoms with van der Waals surface area (Å²) in [5.74, 6) is -0.912. The lowest BCUT2D eigenvalue weighted by Crippen LogP contribution is -2.54. The summed E-state index contributed by atoms with van der Waals surface area (Å²) in [4.78, 5) is 29.6. The van der Waals surface area contributed by atoms with Crippen LogP contribution in [-0.2, 0) is 32.6 Å². The van der Waals surface area contributed by atoms with Crippen LogP contribution in [0.5, 0.6) is 11.5 Å². The first-order valence-electron chi connectivity index (χ1n) is 15.1. The van der Waals surface area contributed by atoms with Crippen LogP contribution < -0.4 is 19.1 Å². The predicted octanol–water partition coefficient (Wildman–Crippen LogP) is 5.72. The van der Waals surface area contributed by atoms with Gasteiger partial charge in [-0.05, 0) is 73.5 Å². The molecule has 0 saturated carbocycles. The van der Waals surface area contributed by atoms with E-state index < -0.39 is 34.3 Å². The van der Waals surface area contributed by atoms with Crippen LogP contribution in [0.4, 0.5) is 10.1 Å². The molecule has 0 radical (unpaired) electrons. The molecular formula is C35H35BrFN3O6S. The minimum absolute atomic E-state index is 0.0243. The summed E-state index contributed by atoms with van der Waals surface area (Å²) in [6, 6.07) is 24.5. The van der Waals surface area contributed by atoms with Gasteiger partial charge in [-0.3, -0.25) is 13.9 Å². The minimum Gasteiger partial charge on any atom is -0.486 e. The van der Waals surface area contributed by atoms with Crippen LogP contribution in [0.25, 0.3) is 0 Å². The van der Waals surface area contributed by atoms with Gasteiger partial charge in [0.2, 0.25) is 11.8 Å². The Morgan fingerprint density at radius 3 is 2.19 bits per heavy atom. The van der Waals surface area contributed by atoms with Gasteiger partial charge in [0.25, 0.3) is 10.0 Å². The average Bonchev–Trinajstić information content (AvgIpc) is 3.06. The first kappa shape index (κ1) is 33.9. The van der Waals surface area contributed by atoms with Crippen LogP contribution in [0.1, 0.15) is 25.0 Å². The maximum atomic E-state index is 14.5. The Hall–Kier alpha value is -4.42. The number of hydrogen-bond donors (Lipinski definition) is 1. The van der Waals surface area contributed by atoms with Gasteiger partial charge in [-0.2, -0.15) is 0 Å². The summed E-state index contributed by atoms with van der Waals surface area (Å²) < 4.78 is 55.5. The van der Waals surface area contributed by atoms with Crippen molar-refractivity contribution in [2.45, 2.75) is 43.8 Å². The topological polar surface area (TPSA) is 105 Å². The number of hydrogen-bond acceptors (Lipinski definition) is 6. The summed E-state index contributed by atoms with van der Waals surface area (Å²) >= 11 is 3.43. The monoisotopic (exact) mass is 723 g/mol. The van der Waals surface area contributed by atoms with E-state index in [-0.39, 0.29) is 47.9 Å². The molecule has 0 bridgehead atoms. The molecule has 0 unspecified atom stereocenters. The number of amides is 2. The number of fused-ring (bicyclic) bond motifs is 1. The zero-order chi connectivity index (χ0) is 33.6. The molecule has 1 atom stereocenters. The van der Waals surface area contributed by atoms with Crippen molar-refractivity contribution < 1.29 is 31.9 Å². The van der Waals surface area contributed by atoms with Crippen molar-refractivity contribution in [3.63, 3.8) is 0 Å². The second-order valence-corrected chi connectivity index (χ2v) is 14.1. The third-order valence-corrected chi connectivity index (χ3v) is 9.76.